The Kier molecular flexibility index (Phi) is 4.47. The van der Waals surface area contributed by atoms with Crippen molar-refractivity contribution in [3.05, 3.63) is 54.7 Å². The van der Waals surface area contributed by atoms with Crippen molar-refractivity contribution < 1.29 is 0 Å². The molecule has 2 aromatic carbocycles. The van der Waals surface area contributed by atoms with Crippen LogP contribution in [0, 0.1) is 6.13 Å². The molecule has 4 aromatic rings. The number of aryl methyl sites for hydroxylation is 2. The zero-order valence-electron chi connectivity index (χ0n) is 11.6. The van der Waals surface area contributed by atoms with Crippen LogP contribution in [0.3, 0.4) is 0 Å². The summed E-state index contributed by atoms with van der Waals surface area (Å²) in [5, 5.41) is 0. The molecule has 0 saturated carbocycles. The summed E-state index contributed by atoms with van der Waals surface area (Å²) in [5.74, 6) is 0. The van der Waals surface area contributed by atoms with E-state index in [1.807, 2.05) is 0 Å². The zero-order valence-corrected chi connectivity index (χ0v) is 18.4. The number of para-hydroxylation sites is 2. The molecule has 2 aromatic heterocycles. The molecule has 0 aliphatic carbocycles. The standard InChI is InChI=1S/C16H12N2Se4/c19-15-17(11-5-1-3-7-13(11)21-15)9-10-18-12-6-2-4-8-14(12)22-16(18)20/h1-8H,9-10H2. The van der Waals surface area contributed by atoms with Crippen molar-refractivity contribution in [1.29, 1.82) is 0 Å². The normalized spacial score (nSPS) is 11.5. The molecule has 0 fully saturated rings. The fourth-order valence-electron chi connectivity index (χ4n) is 2.65. The number of aromatic nitrogens is 2. The van der Waals surface area contributed by atoms with Gasteiger partial charge in [0.2, 0.25) is 0 Å². The van der Waals surface area contributed by atoms with Crippen molar-refractivity contribution in [3.8, 4) is 0 Å². The summed E-state index contributed by atoms with van der Waals surface area (Å²) in [7, 11) is 0. The van der Waals surface area contributed by atoms with Gasteiger partial charge in [-0.1, -0.05) is 0 Å². The zero-order chi connectivity index (χ0) is 15.1. The first-order chi connectivity index (χ1) is 10.7. The summed E-state index contributed by atoms with van der Waals surface area (Å²) in [5.41, 5.74) is 2.77. The Bertz CT molecular complexity index is 993. The van der Waals surface area contributed by atoms with Crippen LogP contribution in [-0.2, 0) is 13.1 Å². The molecule has 0 radical (unpaired) electrons. The monoisotopic (exact) mass is 552 g/mol. The maximum absolute atomic E-state index is 3.28. The van der Waals surface area contributed by atoms with E-state index in [-0.39, 0.29) is 0 Å². The predicted octanol–water partition coefficient (Wildman–Crippen LogP) is 1.81. The predicted molar refractivity (Wildman–Crippen MR) is 95.8 cm³/mol. The summed E-state index contributed by atoms with van der Waals surface area (Å²) in [6, 6.07) is 17.6. The van der Waals surface area contributed by atoms with Crippen molar-refractivity contribution in [2.45, 2.75) is 13.1 Å². The number of nitrogens with zero attached hydrogens (tertiary/aromatic N) is 2. The van der Waals surface area contributed by atoms with Crippen molar-refractivity contribution in [2.75, 3.05) is 0 Å². The Labute approximate surface area is 155 Å². The van der Waals surface area contributed by atoms with E-state index in [1.165, 1.54) is 25.7 Å². The molecule has 0 amide bonds. The molecule has 0 unspecified atom stereocenters. The summed E-state index contributed by atoms with van der Waals surface area (Å²) < 4.78 is 10.7. The van der Waals surface area contributed by atoms with Crippen LogP contribution in [0.1, 0.15) is 0 Å². The van der Waals surface area contributed by atoms with Gasteiger partial charge in [-0.15, -0.1) is 0 Å². The molecule has 0 atom stereocenters. The first kappa shape index (κ1) is 15.4. The molecule has 6 heteroatoms. The molecule has 0 N–H and O–H groups in total. The van der Waals surface area contributed by atoms with Crippen LogP contribution in [-0.4, -0.2) is 69.3 Å². The van der Waals surface area contributed by atoms with Crippen LogP contribution in [0.4, 0.5) is 0 Å². The van der Waals surface area contributed by atoms with Gasteiger partial charge in [-0.2, -0.15) is 0 Å². The molecule has 0 aliphatic rings. The first-order valence-corrected chi connectivity index (χ1v) is 12.0. The summed E-state index contributed by atoms with van der Waals surface area (Å²) in [6.45, 7) is 2.05. The average molecular weight is 548 g/mol. The van der Waals surface area contributed by atoms with Crippen molar-refractivity contribution in [3.63, 3.8) is 0 Å². The van der Waals surface area contributed by atoms with Gasteiger partial charge in [0.25, 0.3) is 0 Å². The van der Waals surface area contributed by atoms with Gasteiger partial charge in [0, 0.05) is 0 Å². The van der Waals surface area contributed by atoms with E-state index in [4.69, 9.17) is 0 Å². The summed E-state index contributed by atoms with van der Waals surface area (Å²) in [4.78, 5) is 0. The quantitative estimate of drug-likeness (QED) is 0.346. The fourth-order valence-corrected chi connectivity index (χ4v) is 9.25. The number of rotatable bonds is 3. The van der Waals surface area contributed by atoms with Crippen LogP contribution >= 0.6 is 0 Å². The molecule has 0 aliphatic heterocycles. The third-order valence-corrected chi connectivity index (χ3v) is 10.5. The number of hydrogen-bond acceptors (Lipinski definition) is 0. The molecule has 2 heterocycles. The van der Waals surface area contributed by atoms with E-state index in [2.05, 4.69) is 88.8 Å². The van der Waals surface area contributed by atoms with Gasteiger partial charge in [-0.05, 0) is 0 Å². The van der Waals surface area contributed by atoms with Crippen LogP contribution in [0.2, 0.25) is 0 Å². The Morgan fingerprint density at radius 1 is 0.682 bits per heavy atom. The molecular formula is C16H12N2Se4. The SMILES string of the molecule is [Se]=c1[se]c2ccccc2n1CCn1c(=[Se])[se]c2ccccc21. The summed E-state index contributed by atoms with van der Waals surface area (Å²) >= 11 is 7.44. The second kappa shape index (κ2) is 6.40. The van der Waals surface area contributed by atoms with Crippen LogP contribution in [0.5, 0.6) is 0 Å². The van der Waals surface area contributed by atoms with Gasteiger partial charge >= 0.3 is 157 Å². The third-order valence-electron chi connectivity index (χ3n) is 3.69. The number of fused-ring (bicyclic) bond motifs is 2. The maximum atomic E-state index is 3.28. The van der Waals surface area contributed by atoms with E-state index in [1.54, 1.807) is 0 Å². The second-order valence-electron chi connectivity index (χ2n) is 4.97. The summed E-state index contributed by atoms with van der Waals surface area (Å²) in [6.07, 6.45) is 0. The van der Waals surface area contributed by atoms with E-state index >= 15 is 0 Å². The molecular weight excluding hydrogens is 536 g/mol. The first-order valence-electron chi connectivity index (χ1n) is 6.91. The van der Waals surface area contributed by atoms with Gasteiger partial charge in [-0.25, -0.2) is 0 Å². The Morgan fingerprint density at radius 2 is 1.09 bits per heavy atom. The molecule has 4 rings (SSSR count). The fraction of sp³-hybridized carbons (Fsp3) is 0.125. The molecule has 0 bridgehead atoms. The van der Waals surface area contributed by atoms with Crippen molar-refractivity contribution in [2.24, 2.45) is 0 Å². The van der Waals surface area contributed by atoms with E-state index in [0.717, 1.165) is 13.1 Å². The van der Waals surface area contributed by atoms with Crippen LogP contribution in [0.25, 0.3) is 19.6 Å². The minimum atomic E-state index is 0.439. The van der Waals surface area contributed by atoms with Crippen molar-refractivity contribution in [1.82, 2.24) is 9.13 Å². The molecule has 2 nitrogen and oxygen atoms in total. The average Bonchev–Trinajstić information content (AvgIpc) is 3.01. The van der Waals surface area contributed by atoms with Crippen LogP contribution in [0.15, 0.2) is 48.5 Å². The van der Waals surface area contributed by atoms with Crippen molar-refractivity contribution >= 4 is 79.7 Å². The topological polar surface area (TPSA) is 9.86 Å². The molecule has 110 valence electrons. The Hall–Kier alpha value is -0.142. The minimum absolute atomic E-state index is 0.439. The number of benzene rings is 2. The second-order valence-corrected chi connectivity index (χ2v) is 13.5. The van der Waals surface area contributed by atoms with E-state index in [0.29, 0.717) is 29.0 Å². The van der Waals surface area contributed by atoms with Gasteiger partial charge < -0.3 is 0 Å². The molecule has 0 saturated heterocycles. The van der Waals surface area contributed by atoms with Gasteiger partial charge in [0.1, 0.15) is 0 Å². The Balaban J connectivity index is 1.75. The van der Waals surface area contributed by atoms with Gasteiger partial charge in [0.05, 0.1) is 0 Å². The molecule has 0 spiro atoms. The van der Waals surface area contributed by atoms with Crippen LogP contribution < -0.4 is 0 Å². The van der Waals surface area contributed by atoms with E-state index in [9.17, 15) is 0 Å². The third kappa shape index (κ3) is 2.73. The van der Waals surface area contributed by atoms with E-state index < -0.39 is 0 Å². The molecule has 22 heavy (non-hydrogen) atoms. The number of hydrogen-bond donors (Lipinski definition) is 0. The van der Waals surface area contributed by atoms with Gasteiger partial charge in [-0.3, -0.25) is 0 Å². The van der Waals surface area contributed by atoms with Gasteiger partial charge in [0.15, 0.2) is 0 Å². The Morgan fingerprint density at radius 3 is 1.55 bits per heavy atom.